The van der Waals surface area contributed by atoms with E-state index in [9.17, 15) is 14.4 Å². The predicted octanol–water partition coefficient (Wildman–Crippen LogP) is 5.67. The number of nitrogens with one attached hydrogen (secondary N) is 4. The van der Waals surface area contributed by atoms with E-state index in [1.165, 1.54) is 6.20 Å². The van der Waals surface area contributed by atoms with Gasteiger partial charge in [0.15, 0.2) is 0 Å². The number of aromatic nitrogens is 2. The molecule has 0 saturated carbocycles. The molecule has 0 aliphatic carbocycles. The van der Waals surface area contributed by atoms with Crippen LogP contribution in [0.1, 0.15) is 58.2 Å². The summed E-state index contributed by atoms with van der Waals surface area (Å²) in [5.74, 6) is -2.10. The maximum atomic E-state index is 13.6. The minimum absolute atomic E-state index is 0.389. The van der Waals surface area contributed by atoms with Crippen molar-refractivity contribution in [2.24, 2.45) is 18.2 Å². The van der Waals surface area contributed by atoms with E-state index in [1.54, 1.807) is 53.3 Å². The lowest BCUT2D eigenvalue weighted by atomic mass is 9.77. The van der Waals surface area contributed by atoms with Crippen LogP contribution in [0.15, 0.2) is 97.2 Å². The average Bonchev–Trinajstić information content (AvgIpc) is 3.35. The molecular formula is C36H45N7O5. The number of alkyl carbamates (subject to hydrolysis) is 1. The Labute approximate surface area is 281 Å². The van der Waals surface area contributed by atoms with Gasteiger partial charge in [-0.3, -0.25) is 9.48 Å². The third-order valence-electron chi connectivity index (χ3n) is 7.57. The summed E-state index contributed by atoms with van der Waals surface area (Å²) in [4.78, 5) is 38.4. The molecule has 12 heteroatoms. The molecule has 0 radical (unpaired) electrons. The normalized spacial score (nSPS) is 13.1. The lowest BCUT2D eigenvalue weighted by Gasteiger charge is -2.42. The van der Waals surface area contributed by atoms with Crippen molar-refractivity contribution in [3.8, 4) is 0 Å². The van der Waals surface area contributed by atoms with Crippen molar-refractivity contribution in [2.45, 2.75) is 58.5 Å². The van der Waals surface area contributed by atoms with E-state index in [2.05, 4.69) is 26.4 Å². The first kappa shape index (κ1) is 35.5. The Bertz CT molecular complexity index is 1600. The number of hydrogen-bond acceptors (Lipinski definition) is 8. The summed E-state index contributed by atoms with van der Waals surface area (Å²) in [6.45, 7) is 9.89. The molecule has 1 unspecified atom stereocenters. The van der Waals surface area contributed by atoms with Crippen LogP contribution in [0.3, 0.4) is 0 Å². The Kier molecular flexibility index (Phi) is 10.5. The highest BCUT2D eigenvalue weighted by atomic mass is 16.8. The number of hydrogen-bond donors (Lipinski definition) is 5. The van der Waals surface area contributed by atoms with E-state index in [1.807, 2.05) is 91.0 Å². The van der Waals surface area contributed by atoms with Gasteiger partial charge in [-0.25, -0.2) is 14.9 Å². The van der Waals surface area contributed by atoms with Crippen LogP contribution < -0.4 is 27.0 Å². The van der Waals surface area contributed by atoms with Gasteiger partial charge in [-0.1, -0.05) is 112 Å². The molecule has 0 aliphatic heterocycles. The second kappa shape index (κ2) is 14.2. The summed E-state index contributed by atoms with van der Waals surface area (Å²) >= 11 is 0. The van der Waals surface area contributed by atoms with Crippen LogP contribution in [-0.4, -0.2) is 45.9 Å². The van der Waals surface area contributed by atoms with Crippen LogP contribution in [0, 0.1) is 5.41 Å². The second-order valence-corrected chi connectivity index (χ2v) is 13.5. The number of primary amides is 1. The molecule has 1 atom stereocenters. The second-order valence-electron chi connectivity index (χ2n) is 13.5. The van der Waals surface area contributed by atoms with Crippen molar-refractivity contribution in [3.05, 3.63) is 114 Å². The summed E-state index contributed by atoms with van der Waals surface area (Å²) < 4.78 is 12.6. The molecule has 3 aromatic carbocycles. The maximum absolute atomic E-state index is 13.6. The van der Waals surface area contributed by atoms with E-state index in [0.717, 1.165) is 16.7 Å². The molecule has 1 aromatic heterocycles. The van der Waals surface area contributed by atoms with Crippen LogP contribution in [0.2, 0.25) is 0 Å². The number of rotatable bonds is 11. The van der Waals surface area contributed by atoms with Crippen molar-refractivity contribution in [2.75, 3.05) is 17.2 Å². The Morgan fingerprint density at radius 2 is 1.25 bits per heavy atom. The number of carbonyl (C=O) groups excluding carboxylic acids is 3. The van der Waals surface area contributed by atoms with Gasteiger partial charge in [-0.05, 0) is 37.5 Å². The van der Waals surface area contributed by atoms with E-state index in [4.69, 9.17) is 15.2 Å². The highest BCUT2D eigenvalue weighted by Gasteiger charge is 2.50. The Balaban J connectivity index is 1.69. The molecule has 1 heterocycles. The van der Waals surface area contributed by atoms with Crippen molar-refractivity contribution >= 4 is 29.6 Å². The van der Waals surface area contributed by atoms with Crippen LogP contribution in [0.5, 0.6) is 0 Å². The van der Waals surface area contributed by atoms with E-state index < -0.39 is 47.0 Å². The molecular weight excluding hydrogens is 610 g/mol. The fourth-order valence-electron chi connectivity index (χ4n) is 5.30. The number of benzene rings is 3. The minimum Gasteiger partial charge on any atom is -0.392 e. The summed E-state index contributed by atoms with van der Waals surface area (Å²) in [6.07, 6.45) is -0.528. The van der Waals surface area contributed by atoms with Gasteiger partial charge in [0, 0.05) is 12.6 Å². The Morgan fingerprint density at radius 1 is 0.771 bits per heavy atom. The van der Waals surface area contributed by atoms with Crippen molar-refractivity contribution in [3.63, 3.8) is 0 Å². The molecule has 6 N–H and O–H groups in total. The van der Waals surface area contributed by atoms with Crippen LogP contribution in [0.25, 0.3) is 0 Å². The van der Waals surface area contributed by atoms with Gasteiger partial charge in [-0.2, -0.15) is 5.10 Å². The zero-order valence-corrected chi connectivity index (χ0v) is 28.5. The van der Waals surface area contributed by atoms with Gasteiger partial charge in [0.05, 0.1) is 18.2 Å². The number of aryl methyl sites for hydroxylation is 1. The lowest BCUT2D eigenvalue weighted by molar-refractivity contribution is -0.243. The van der Waals surface area contributed by atoms with E-state index in [0.29, 0.717) is 11.5 Å². The molecule has 0 fully saturated rings. The van der Waals surface area contributed by atoms with Gasteiger partial charge >= 0.3 is 18.1 Å². The molecule has 0 bridgehead atoms. The highest BCUT2D eigenvalue weighted by Crippen LogP contribution is 2.41. The number of nitrogens with two attached hydrogens (primary N) is 1. The number of carbonyl (C=O) groups is 3. The van der Waals surface area contributed by atoms with E-state index >= 15 is 0 Å². The van der Waals surface area contributed by atoms with Gasteiger partial charge in [-0.15, -0.1) is 0 Å². The molecule has 48 heavy (non-hydrogen) atoms. The molecule has 3 amide bonds. The zero-order chi connectivity index (χ0) is 35.2. The molecule has 0 saturated heterocycles. The largest absolute Gasteiger partial charge is 0.411 e. The molecule has 4 aromatic rings. The first-order valence-electron chi connectivity index (χ1n) is 15.6. The van der Waals surface area contributed by atoms with Crippen LogP contribution in [0.4, 0.5) is 21.1 Å². The molecule has 12 nitrogen and oxygen atoms in total. The van der Waals surface area contributed by atoms with Gasteiger partial charge < -0.3 is 31.2 Å². The molecule has 0 spiro atoms. The lowest BCUT2D eigenvalue weighted by Crippen LogP contribution is -2.64. The van der Waals surface area contributed by atoms with Crippen LogP contribution in [-0.2, 0) is 26.9 Å². The quantitative estimate of drug-likeness (QED) is 0.102. The summed E-state index contributed by atoms with van der Waals surface area (Å²) in [7, 11) is 1.77. The third kappa shape index (κ3) is 8.13. The smallest absolute Gasteiger partial charge is 0.392 e. The highest BCUT2D eigenvalue weighted by molar-refractivity contribution is 5.95. The Hall–Kier alpha value is -5.36. The summed E-state index contributed by atoms with van der Waals surface area (Å²) in [5.41, 5.74) is 6.09. The fraction of sp³-hybridized carbons (Fsp3) is 0.333. The first-order chi connectivity index (χ1) is 22.6. The van der Waals surface area contributed by atoms with Gasteiger partial charge in [0.2, 0.25) is 5.91 Å². The molecule has 4 rings (SSSR count). The number of nitrogens with zero attached hydrogens (tertiary/aromatic N) is 2. The minimum atomic E-state index is -2.09. The maximum Gasteiger partial charge on any atom is 0.411 e. The monoisotopic (exact) mass is 655 g/mol. The van der Waals surface area contributed by atoms with Crippen molar-refractivity contribution < 1.29 is 23.9 Å². The molecule has 254 valence electrons. The van der Waals surface area contributed by atoms with Crippen molar-refractivity contribution in [1.82, 2.24) is 20.4 Å². The van der Waals surface area contributed by atoms with E-state index in [-0.39, 0.29) is 0 Å². The standard InChI is InChI=1S/C36H45N7O5/c1-33(2,3)36(47-31(37)45,48-32(46)42-34(4,5)6)38-24-29(44)40-28-23-39-43(7)30(28)41-35(25-17-11-8-12-18-25,26-19-13-9-14-20-26)27-21-15-10-16-22-27/h8-23,38,41H,24H2,1-7H3,(H2,37,45)(H,40,44)(H,42,46). The fourth-order valence-corrected chi connectivity index (χ4v) is 5.30. The average molecular weight is 656 g/mol. The summed E-state index contributed by atoms with van der Waals surface area (Å²) in [5, 5.41) is 16.6. The van der Waals surface area contributed by atoms with Gasteiger partial charge in [0.1, 0.15) is 17.0 Å². The van der Waals surface area contributed by atoms with Crippen molar-refractivity contribution in [1.29, 1.82) is 0 Å². The third-order valence-corrected chi connectivity index (χ3v) is 7.57. The zero-order valence-electron chi connectivity index (χ0n) is 28.5. The topological polar surface area (TPSA) is 162 Å². The SMILES string of the molecule is Cn1ncc(NC(=O)CNC(OC(N)=O)(OC(=O)NC(C)(C)C)C(C)(C)C)c1NC(c1ccccc1)(c1ccccc1)c1ccccc1. The first-order valence-corrected chi connectivity index (χ1v) is 15.6. The predicted molar refractivity (Wildman–Crippen MR) is 185 cm³/mol. The number of ether oxygens (including phenoxy) is 2. The Morgan fingerprint density at radius 3 is 1.67 bits per heavy atom. The number of amides is 3. The molecule has 0 aliphatic rings. The number of anilines is 2. The van der Waals surface area contributed by atoms with Gasteiger partial charge in [0.25, 0.3) is 0 Å². The summed E-state index contributed by atoms with van der Waals surface area (Å²) in [6, 6.07) is 30.1. The van der Waals surface area contributed by atoms with Crippen LogP contribution >= 0.6 is 0 Å².